The maximum absolute atomic E-state index is 11.2. The number of carbonyl (C=O) groups is 1. The number of hydrogen-bond donors (Lipinski definition) is 0. The van der Waals surface area contributed by atoms with Crippen molar-refractivity contribution in [3.05, 3.63) is 12.2 Å². The Labute approximate surface area is 78.4 Å². The van der Waals surface area contributed by atoms with Gasteiger partial charge in [-0.2, -0.15) is 0 Å². The van der Waals surface area contributed by atoms with E-state index >= 15 is 0 Å². The fourth-order valence-corrected chi connectivity index (χ4v) is 1.57. The van der Waals surface area contributed by atoms with Crippen LogP contribution >= 0.6 is 11.8 Å². The predicted molar refractivity (Wildman–Crippen MR) is 53.1 cm³/mol. The molecule has 0 fully saturated rings. The van der Waals surface area contributed by atoms with Gasteiger partial charge >= 0.3 is 0 Å². The smallest absolute Gasteiger partial charge is 0.216 e. The van der Waals surface area contributed by atoms with Crippen molar-refractivity contribution >= 4 is 16.9 Å². The SMILES string of the molecule is C=C(C)C(=O)SC(CCC)OC. The monoisotopic (exact) mass is 188 g/mol. The number of carbonyl (C=O) groups excluding carboxylic acids is 1. The molecule has 70 valence electrons. The number of rotatable bonds is 5. The first-order valence-corrected chi connectivity index (χ1v) is 4.89. The summed E-state index contributed by atoms with van der Waals surface area (Å²) >= 11 is 1.22. The minimum absolute atomic E-state index is 0.0146. The van der Waals surface area contributed by atoms with Crippen molar-refractivity contribution in [3.8, 4) is 0 Å². The molecule has 0 saturated carbocycles. The molecule has 0 aromatic carbocycles. The van der Waals surface area contributed by atoms with E-state index in [9.17, 15) is 4.79 Å². The van der Waals surface area contributed by atoms with Crippen molar-refractivity contribution < 1.29 is 9.53 Å². The molecule has 12 heavy (non-hydrogen) atoms. The lowest BCUT2D eigenvalue weighted by Crippen LogP contribution is -2.09. The van der Waals surface area contributed by atoms with Gasteiger partial charge in [-0.15, -0.1) is 0 Å². The summed E-state index contributed by atoms with van der Waals surface area (Å²) in [5, 5.41) is 0.0234. The van der Waals surface area contributed by atoms with Gasteiger partial charge < -0.3 is 4.74 Å². The third kappa shape index (κ3) is 4.57. The fourth-order valence-electron chi connectivity index (χ4n) is 0.681. The Morgan fingerprint density at radius 3 is 2.58 bits per heavy atom. The average molecular weight is 188 g/mol. The maximum Gasteiger partial charge on any atom is 0.216 e. The van der Waals surface area contributed by atoms with Gasteiger partial charge in [0.1, 0.15) is 5.44 Å². The van der Waals surface area contributed by atoms with Crippen molar-refractivity contribution in [2.45, 2.75) is 32.1 Å². The van der Waals surface area contributed by atoms with Crippen molar-refractivity contribution in [3.63, 3.8) is 0 Å². The fraction of sp³-hybridized carbons (Fsp3) is 0.667. The third-order valence-corrected chi connectivity index (χ3v) is 2.63. The van der Waals surface area contributed by atoms with Crippen LogP contribution in [0.3, 0.4) is 0 Å². The van der Waals surface area contributed by atoms with Gasteiger partial charge in [-0.3, -0.25) is 4.79 Å². The van der Waals surface area contributed by atoms with E-state index in [1.165, 1.54) is 11.8 Å². The Hall–Kier alpha value is -0.280. The first-order valence-electron chi connectivity index (χ1n) is 4.01. The summed E-state index contributed by atoms with van der Waals surface area (Å²) in [6, 6.07) is 0. The van der Waals surface area contributed by atoms with Crippen LogP contribution in [0.15, 0.2) is 12.2 Å². The largest absolute Gasteiger partial charge is 0.370 e. The van der Waals surface area contributed by atoms with Crippen molar-refractivity contribution in [2.24, 2.45) is 0 Å². The molecule has 0 heterocycles. The van der Waals surface area contributed by atoms with E-state index in [2.05, 4.69) is 13.5 Å². The Kier molecular flexibility index (Phi) is 6.11. The van der Waals surface area contributed by atoms with Crippen LogP contribution in [0, 0.1) is 0 Å². The van der Waals surface area contributed by atoms with Gasteiger partial charge in [0.2, 0.25) is 5.12 Å². The third-order valence-electron chi connectivity index (χ3n) is 1.37. The highest BCUT2D eigenvalue weighted by Gasteiger charge is 2.12. The van der Waals surface area contributed by atoms with Gasteiger partial charge in [0, 0.05) is 7.11 Å². The highest BCUT2D eigenvalue weighted by molar-refractivity contribution is 8.14. The molecule has 0 bridgehead atoms. The van der Waals surface area contributed by atoms with E-state index in [-0.39, 0.29) is 10.6 Å². The molecule has 0 radical (unpaired) electrons. The van der Waals surface area contributed by atoms with E-state index in [0.717, 1.165) is 12.8 Å². The molecule has 0 aromatic heterocycles. The standard InChI is InChI=1S/C9H16O2S/c1-5-6-8(11-4)12-9(10)7(2)3/h8H,2,5-6H2,1,3-4H3. The first kappa shape index (κ1) is 11.7. The quantitative estimate of drug-likeness (QED) is 0.490. The van der Waals surface area contributed by atoms with E-state index in [1.54, 1.807) is 14.0 Å². The van der Waals surface area contributed by atoms with Crippen LogP contribution in [-0.4, -0.2) is 17.7 Å². The van der Waals surface area contributed by atoms with Gasteiger partial charge in [0.25, 0.3) is 0 Å². The number of thioether (sulfide) groups is 1. The molecule has 3 heteroatoms. The molecule has 0 saturated heterocycles. The summed E-state index contributed by atoms with van der Waals surface area (Å²) < 4.78 is 5.11. The molecule has 0 rings (SSSR count). The second kappa shape index (κ2) is 6.26. The van der Waals surface area contributed by atoms with Gasteiger partial charge in [-0.25, -0.2) is 0 Å². The van der Waals surface area contributed by atoms with Gasteiger partial charge in [-0.05, 0) is 18.9 Å². The predicted octanol–water partition coefficient (Wildman–Crippen LogP) is 2.59. The lowest BCUT2D eigenvalue weighted by molar-refractivity contribution is -0.108. The van der Waals surface area contributed by atoms with Crippen LogP contribution < -0.4 is 0 Å². The second-order valence-corrected chi connectivity index (χ2v) is 3.77. The van der Waals surface area contributed by atoms with Gasteiger partial charge in [-0.1, -0.05) is 31.7 Å². The lowest BCUT2D eigenvalue weighted by Gasteiger charge is -2.11. The highest BCUT2D eigenvalue weighted by Crippen LogP contribution is 2.20. The molecular formula is C9H16O2S. The normalized spacial score (nSPS) is 12.6. The zero-order valence-electron chi connectivity index (χ0n) is 7.92. The maximum atomic E-state index is 11.2. The van der Waals surface area contributed by atoms with Gasteiger partial charge in [0.15, 0.2) is 0 Å². The Morgan fingerprint density at radius 2 is 2.25 bits per heavy atom. The zero-order chi connectivity index (χ0) is 9.56. The van der Waals surface area contributed by atoms with E-state index in [1.807, 2.05) is 0 Å². The molecule has 0 aromatic rings. The summed E-state index contributed by atoms with van der Waals surface area (Å²) in [7, 11) is 1.62. The molecule has 0 spiro atoms. The molecule has 0 amide bonds. The Balaban J connectivity index is 3.85. The number of methoxy groups -OCH3 is 1. The van der Waals surface area contributed by atoms with Crippen molar-refractivity contribution in [2.75, 3.05) is 7.11 Å². The van der Waals surface area contributed by atoms with Crippen molar-refractivity contribution in [1.82, 2.24) is 0 Å². The summed E-state index contributed by atoms with van der Waals surface area (Å²) in [5.41, 5.74) is 0.567. The Morgan fingerprint density at radius 1 is 1.67 bits per heavy atom. The Bertz CT molecular complexity index is 166. The molecule has 2 nitrogen and oxygen atoms in total. The average Bonchev–Trinajstić information content (AvgIpc) is 2.03. The molecule has 1 unspecified atom stereocenters. The van der Waals surface area contributed by atoms with E-state index < -0.39 is 0 Å². The number of hydrogen-bond acceptors (Lipinski definition) is 3. The number of ether oxygens (including phenoxy) is 1. The molecule has 0 aliphatic rings. The summed E-state index contributed by atoms with van der Waals surface area (Å²) in [6.45, 7) is 7.36. The van der Waals surface area contributed by atoms with Crippen LogP contribution in [0.25, 0.3) is 0 Å². The summed E-state index contributed by atoms with van der Waals surface area (Å²) in [6.07, 6.45) is 1.93. The molecular weight excluding hydrogens is 172 g/mol. The summed E-state index contributed by atoms with van der Waals surface area (Å²) in [5.74, 6) is 0. The minimum Gasteiger partial charge on any atom is -0.370 e. The topological polar surface area (TPSA) is 26.3 Å². The summed E-state index contributed by atoms with van der Waals surface area (Å²) in [4.78, 5) is 11.2. The zero-order valence-corrected chi connectivity index (χ0v) is 8.74. The van der Waals surface area contributed by atoms with E-state index in [0.29, 0.717) is 5.57 Å². The van der Waals surface area contributed by atoms with Crippen LogP contribution in [0.2, 0.25) is 0 Å². The van der Waals surface area contributed by atoms with E-state index in [4.69, 9.17) is 4.74 Å². The molecule has 0 aliphatic carbocycles. The molecule has 1 atom stereocenters. The van der Waals surface area contributed by atoms with Crippen LogP contribution in [-0.2, 0) is 9.53 Å². The van der Waals surface area contributed by atoms with Crippen LogP contribution in [0.5, 0.6) is 0 Å². The van der Waals surface area contributed by atoms with Crippen molar-refractivity contribution in [1.29, 1.82) is 0 Å². The van der Waals surface area contributed by atoms with Crippen LogP contribution in [0.1, 0.15) is 26.7 Å². The lowest BCUT2D eigenvalue weighted by atomic mass is 10.4. The minimum atomic E-state index is -0.0146. The molecule has 0 aliphatic heterocycles. The van der Waals surface area contributed by atoms with Crippen LogP contribution in [0.4, 0.5) is 0 Å². The van der Waals surface area contributed by atoms with Gasteiger partial charge in [0.05, 0.1) is 0 Å². The molecule has 0 N–H and O–H groups in total. The highest BCUT2D eigenvalue weighted by atomic mass is 32.2. The second-order valence-electron chi connectivity index (χ2n) is 2.64. The first-order chi connectivity index (χ1) is 5.61.